The summed E-state index contributed by atoms with van der Waals surface area (Å²) in [5, 5.41) is 8.09. The average Bonchev–Trinajstić information content (AvgIpc) is 3.66. The van der Waals surface area contributed by atoms with Crippen molar-refractivity contribution in [3.8, 4) is 22.3 Å². The van der Waals surface area contributed by atoms with E-state index >= 15 is 0 Å². The standard InChI is InChI=1S/C21H17.C20H21.C2H6Si.2ClH.Zr/c1-14-12-20-15(2)10-11-19(21(20)13-14)18-9-5-7-16-6-3-4-8-17(16)18;1-13(2)17-11-16-6-5-7-19(20(16)12-17)18-9-14(3)8-15(4)10-18;1-3-2;;;/h3-13H,1-2H3;5-13H,1-4H3;1-2H3;2*1H;/q2*-1;;;;+4/p-2. The predicted molar refractivity (Wildman–Crippen MR) is 210 cm³/mol. The number of hydrogen-bond acceptors (Lipinski definition) is 0. The Hall–Kier alpha value is -2.74. The Morgan fingerprint density at radius 3 is 1.89 bits per heavy atom. The first kappa shape index (κ1) is 37.1. The summed E-state index contributed by atoms with van der Waals surface area (Å²) in [7, 11) is 11.0. The van der Waals surface area contributed by atoms with Crippen LogP contribution in [0.5, 0.6) is 0 Å². The topological polar surface area (TPSA) is 0 Å². The van der Waals surface area contributed by atoms with Crippen LogP contribution in [0.3, 0.4) is 0 Å². The van der Waals surface area contributed by atoms with Crippen LogP contribution in [0.1, 0.15) is 47.6 Å². The molecule has 7 aromatic rings. The zero-order valence-electron chi connectivity index (χ0n) is 28.8. The van der Waals surface area contributed by atoms with Gasteiger partial charge in [0.25, 0.3) is 0 Å². The maximum absolute atomic E-state index is 4.93. The molecule has 0 spiro atoms. The molecular formula is C43H44Cl2SiZr. The normalized spacial score (nSPS) is 10.5. The molecule has 0 saturated carbocycles. The summed E-state index contributed by atoms with van der Waals surface area (Å²) >= 11 is -0.826. The molecule has 47 heavy (non-hydrogen) atoms. The molecule has 0 nitrogen and oxygen atoms in total. The monoisotopic (exact) mass is 748 g/mol. The summed E-state index contributed by atoms with van der Waals surface area (Å²) in [5.41, 5.74) is 12.1. The van der Waals surface area contributed by atoms with Crippen molar-refractivity contribution in [3.63, 3.8) is 0 Å². The van der Waals surface area contributed by atoms with Crippen LogP contribution in [0.15, 0.2) is 115 Å². The number of halogens is 2. The quantitative estimate of drug-likeness (QED) is 0.125. The molecule has 0 N–H and O–H groups in total. The molecule has 238 valence electrons. The summed E-state index contributed by atoms with van der Waals surface area (Å²) in [6.07, 6.45) is 0. The Kier molecular flexibility index (Phi) is 13.9. The SMILES string of the molecule is C[Si]C.Cc1cc(C)cc(-c2cccc3[cH-]c(C(C)C)cc23)c1.Cc1cc2c(-c3cccc4ccccc34)ccc(C)c2[cH-]1.[Cl][Zr+2][Cl]. The van der Waals surface area contributed by atoms with Gasteiger partial charge >= 0.3 is 37.9 Å². The average molecular weight is 751 g/mol. The van der Waals surface area contributed by atoms with E-state index in [4.69, 9.17) is 17.0 Å². The van der Waals surface area contributed by atoms with E-state index in [-0.39, 0.29) is 0 Å². The van der Waals surface area contributed by atoms with Gasteiger partial charge in [-0.05, 0) is 41.7 Å². The van der Waals surface area contributed by atoms with Crippen molar-refractivity contribution in [2.24, 2.45) is 0 Å². The molecule has 0 saturated heterocycles. The van der Waals surface area contributed by atoms with Gasteiger partial charge in [0.15, 0.2) is 0 Å². The first-order chi connectivity index (χ1) is 22.6. The van der Waals surface area contributed by atoms with Crippen LogP contribution in [0, 0.1) is 27.7 Å². The van der Waals surface area contributed by atoms with Crippen LogP contribution in [-0.4, -0.2) is 9.52 Å². The molecule has 0 aliphatic rings. The second-order valence-corrected chi connectivity index (χ2v) is 17.2. The minimum absolute atomic E-state index is 0.578. The van der Waals surface area contributed by atoms with Crippen LogP contribution in [0.2, 0.25) is 13.1 Å². The maximum atomic E-state index is 4.93. The van der Waals surface area contributed by atoms with Gasteiger partial charge < -0.3 is 0 Å². The second kappa shape index (κ2) is 17.6. The Balaban J connectivity index is 0.000000183. The molecule has 0 aliphatic heterocycles. The zero-order chi connectivity index (χ0) is 34.1. The molecule has 0 amide bonds. The van der Waals surface area contributed by atoms with E-state index in [2.05, 4.69) is 170 Å². The molecule has 0 fully saturated rings. The van der Waals surface area contributed by atoms with Crippen molar-refractivity contribution >= 4 is 58.9 Å². The van der Waals surface area contributed by atoms with Gasteiger partial charge in [0.2, 0.25) is 0 Å². The summed E-state index contributed by atoms with van der Waals surface area (Å²) in [4.78, 5) is 0. The van der Waals surface area contributed by atoms with E-state index in [9.17, 15) is 0 Å². The van der Waals surface area contributed by atoms with Crippen LogP contribution in [0.4, 0.5) is 0 Å². The van der Waals surface area contributed by atoms with Crippen LogP contribution < -0.4 is 0 Å². The van der Waals surface area contributed by atoms with Gasteiger partial charge in [0, 0.05) is 9.52 Å². The van der Waals surface area contributed by atoms with Crippen molar-refractivity contribution in [1.82, 2.24) is 0 Å². The van der Waals surface area contributed by atoms with E-state index < -0.39 is 20.8 Å². The fourth-order valence-electron chi connectivity index (χ4n) is 6.26. The summed E-state index contributed by atoms with van der Waals surface area (Å²) in [5.74, 6) is 0.578. The van der Waals surface area contributed by atoms with E-state index in [0.717, 1.165) is 9.52 Å². The zero-order valence-corrected chi connectivity index (χ0v) is 33.8. The van der Waals surface area contributed by atoms with Gasteiger partial charge in [-0.2, -0.15) is 12.1 Å². The number of fused-ring (bicyclic) bond motifs is 3. The number of hydrogen-bond donors (Lipinski definition) is 0. The van der Waals surface area contributed by atoms with Gasteiger partial charge in [-0.25, -0.2) is 0 Å². The molecule has 0 heterocycles. The minimum atomic E-state index is -0.826. The molecule has 7 aromatic carbocycles. The summed E-state index contributed by atoms with van der Waals surface area (Å²) in [6.45, 7) is 17.5. The molecule has 0 atom stereocenters. The molecule has 0 aliphatic carbocycles. The van der Waals surface area contributed by atoms with Gasteiger partial charge in [-0.3, -0.25) is 0 Å². The van der Waals surface area contributed by atoms with E-state index in [1.54, 1.807) is 0 Å². The van der Waals surface area contributed by atoms with E-state index in [1.165, 1.54) is 82.4 Å². The Morgan fingerprint density at radius 1 is 0.617 bits per heavy atom. The fraction of sp³-hybridized carbons (Fsp3) is 0.209. The second-order valence-electron chi connectivity index (χ2n) is 12.5. The van der Waals surface area contributed by atoms with Crippen molar-refractivity contribution < 1.29 is 20.8 Å². The van der Waals surface area contributed by atoms with Crippen molar-refractivity contribution in [3.05, 3.63) is 143 Å². The van der Waals surface area contributed by atoms with Gasteiger partial charge in [-0.15, -0.1) is 68.6 Å². The predicted octanol–water partition coefficient (Wildman–Crippen LogP) is 14.1. The van der Waals surface area contributed by atoms with Crippen molar-refractivity contribution in [1.29, 1.82) is 0 Å². The molecule has 0 unspecified atom stereocenters. The third-order valence-electron chi connectivity index (χ3n) is 8.30. The first-order valence-electron chi connectivity index (χ1n) is 16.1. The number of rotatable bonds is 3. The number of aryl methyl sites for hydroxylation is 4. The Bertz CT molecular complexity index is 2040. The third kappa shape index (κ3) is 9.24. The molecule has 4 heteroatoms. The van der Waals surface area contributed by atoms with Gasteiger partial charge in [0.1, 0.15) is 0 Å². The van der Waals surface area contributed by atoms with Gasteiger partial charge in [0.05, 0.1) is 0 Å². The van der Waals surface area contributed by atoms with Crippen LogP contribution in [0.25, 0.3) is 54.6 Å². The van der Waals surface area contributed by atoms with Crippen molar-refractivity contribution in [2.45, 2.75) is 60.6 Å². The summed E-state index contributed by atoms with van der Waals surface area (Å²) in [6, 6.07) is 42.4. The molecule has 0 bridgehead atoms. The summed E-state index contributed by atoms with van der Waals surface area (Å²) < 4.78 is 0. The van der Waals surface area contributed by atoms with Crippen LogP contribution in [-0.2, 0) is 20.8 Å². The van der Waals surface area contributed by atoms with E-state index in [0.29, 0.717) is 5.92 Å². The fourth-order valence-corrected chi connectivity index (χ4v) is 6.26. The number of benzene rings is 5. The molecule has 7 rings (SSSR count). The van der Waals surface area contributed by atoms with Crippen LogP contribution >= 0.6 is 17.0 Å². The Morgan fingerprint density at radius 2 is 1.21 bits per heavy atom. The molecule has 0 aromatic heterocycles. The Labute approximate surface area is 303 Å². The molecule has 2 radical (unpaired) electrons. The van der Waals surface area contributed by atoms with Gasteiger partial charge in [-0.1, -0.05) is 136 Å². The molecular weight excluding hydrogens is 707 g/mol. The van der Waals surface area contributed by atoms with E-state index in [1.807, 2.05) is 0 Å². The van der Waals surface area contributed by atoms with Crippen molar-refractivity contribution in [2.75, 3.05) is 0 Å². The third-order valence-corrected chi connectivity index (χ3v) is 8.30. The first-order valence-corrected chi connectivity index (χ1v) is 24.4.